The molecule has 3 aromatic carbocycles. The molecule has 0 atom stereocenters. The second kappa shape index (κ2) is 10.6. The number of allylic oxidation sites excluding steroid dienone is 1. The summed E-state index contributed by atoms with van der Waals surface area (Å²) < 4.78 is 22.6. The number of rotatable bonds is 8. The molecule has 0 bridgehead atoms. The number of furan rings is 1. The molecular formula is C28H26ClNO5. The van der Waals surface area contributed by atoms with Crippen LogP contribution in [-0.2, 0) is 4.79 Å². The van der Waals surface area contributed by atoms with E-state index in [2.05, 4.69) is 5.32 Å². The zero-order valence-corrected chi connectivity index (χ0v) is 20.7. The number of fused-ring (bicyclic) bond motifs is 1. The maximum absolute atomic E-state index is 12.9. The highest BCUT2D eigenvalue weighted by molar-refractivity contribution is 6.31. The van der Waals surface area contributed by atoms with Gasteiger partial charge in [0.2, 0.25) is 5.91 Å². The van der Waals surface area contributed by atoms with Crippen molar-refractivity contribution in [2.45, 2.75) is 13.8 Å². The first-order chi connectivity index (χ1) is 16.9. The molecule has 0 aliphatic rings. The summed E-state index contributed by atoms with van der Waals surface area (Å²) in [5.41, 5.74) is 4.48. The molecule has 6 nitrogen and oxygen atoms in total. The average Bonchev–Trinajstić information content (AvgIpc) is 3.26. The lowest BCUT2D eigenvalue weighted by molar-refractivity contribution is -0.111. The maximum Gasteiger partial charge on any atom is 0.248 e. The molecule has 0 saturated heterocycles. The summed E-state index contributed by atoms with van der Waals surface area (Å²) >= 11 is 6.09. The lowest BCUT2D eigenvalue weighted by atomic mass is 9.98. The smallest absolute Gasteiger partial charge is 0.248 e. The van der Waals surface area contributed by atoms with Gasteiger partial charge in [-0.15, -0.1) is 0 Å². The Balaban J connectivity index is 1.75. The molecule has 4 aromatic rings. The minimum atomic E-state index is -0.317. The van der Waals surface area contributed by atoms with E-state index in [4.69, 9.17) is 30.2 Å². The molecule has 4 rings (SSSR count). The Bertz CT molecular complexity index is 1410. The molecular weight excluding hydrogens is 466 g/mol. The molecule has 0 saturated carbocycles. The van der Waals surface area contributed by atoms with Gasteiger partial charge in [-0.3, -0.25) is 4.79 Å². The molecule has 7 heteroatoms. The molecule has 0 aliphatic heterocycles. The van der Waals surface area contributed by atoms with Crippen molar-refractivity contribution in [3.8, 4) is 28.4 Å². The van der Waals surface area contributed by atoms with Gasteiger partial charge in [-0.2, -0.15) is 0 Å². The van der Waals surface area contributed by atoms with Crippen LogP contribution in [-0.4, -0.2) is 26.7 Å². The summed E-state index contributed by atoms with van der Waals surface area (Å²) in [6.45, 7) is 4.24. The maximum atomic E-state index is 12.9. The molecule has 0 aliphatic carbocycles. The second-order valence-corrected chi connectivity index (χ2v) is 8.22. The Kier molecular flexibility index (Phi) is 7.32. The highest BCUT2D eigenvalue weighted by Gasteiger charge is 2.17. The van der Waals surface area contributed by atoms with E-state index in [1.165, 1.54) is 13.2 Å². The second-order valence-electron chi connectivity index (χ2n) is 7.79. The molecule has 35 heavy (non-hydrogen) atoms. The zero-order valence-electron chi connectivity index (χ0n) is 20.0. The Morgan fingerprint density at radius 3 is 2.51 bits per heavy atom. The summed E-state index contributed by atoms with van der Waals surface area (Å²) in [6, 6.07) is 16.6. The predicted molar refractivity (Wildman–Crippen MR) is 140 cm³/mol. The quantitative estimate of drug-likeness (QED) is 0.264. The third-order valence-corrected chi connectivity index (χ3v) is 5.80. The molecule has 0 spiro atoms. The molecule has 1 N–H and O–H groups in total. The van der Waals surface area contributed by atoms with Gasteiger partial charge in [-0.25, -0.2) is 0 Å². The number of halogens is 1. The number of methoxy groups -OCH3 is 2. The predicted octanol–water partition coefficient (Wildman–Crippen LogP) is 7.21. The van der Waals surface area contributed by atoms with Crippen LogP contribution in [0.15, 0.2) is 71.4 Å². The van der Waals surface area contributed by atoms with Crippen molar-refractivity contribution in [3.63, 3.8) is 0 Å². The number of nitrogens with one attached hydrogen (secondary N) is 1. The number of anilines is 1. The number of ether oxygens (including phenoxy) is 3. The molecule has 1 heterocycles. The largest absolute Gasteiger partial charge is 0.496 e. The highest BCUT2D eigenvalue weighted by atomic mass is 35.5. The molecule has 1 amide bonds. The van der Waals surface area contributed by atoms with Crippen LogP contribution < -0.4 is 19.5 Å². The van der Waals surface area contributed by atoms with Crippen LogP contribution >= 0.6 is 11.6 Å². The van der Waals surface area contributed by atoms with E-state index in [0.29, 0.717) is 34.4 Å². The summed E-state index contributed by atoms with van der Waals surface area (Å²) in [5, 5.41) is 4.22. The van der Waals surface area contributed by atoms with E-state index in [0.717, 1.165) is 33.4 Å². The first kappa shape index (κ1) is 24.2. The third kappa shape index (κ3) is 5.12. The number of carbonyl (C=O) groups excluding carboxylic acids is 1. The van der Waals surface area contributed by atoms with Crippen molar-refractivity contribution < 1.29 is 23.4 Å². The van der Waals surface area contributed by atoms with Gasteiger partial charge in [-0.05, 0) is 49.8 Å². The van der Waals surface area contributed by atoms with Crippen LogP contribution in [0.25, 0.3) is 27.7 Å². The highest BCUT2D eigenvalue weighted by Crippen LogP contribution is 2.40. The number of amides is 1. The fraction of sp³-hybridized carbons (Fsp3) is 0.179. The lowest BCUT2D eigenvalue weighted by Crippen LogP contribution is -2.10. The first-order valence-electron chi connectivity index (χ1n) is 11.1. The van der Waals surface area contributed by atoms with E-state index >= 15 is 0 Å². The van der Waals surface area contributed by atoms with Crippen molar-refractivity contribution in [3.05, 3.63) is 77.5 Å². The SMILES string of the molecule is CCOc1cc2occ(-c3ccccc3OC)c2cc1/C(C)=C/C(=O)Nc1cc(Cl)ccc1OC. The summed E-state index contributed by atoms with van der Waals surface area (Å²) in [4.78, 5) is 12.9. The molecule has 0 unspecified atom stereocenters. The van der Waals surface area contributed by atoms with Crippen LogP contribution in [0, 0.1) is 0 Å². The van der Waals surface area contributed by atoms with Crippen molar-refractivity contribution >= 4 is 39.7 Å². The van der Waals surface area contributed by atoms with Gasteiger partial charge in [0.15, 0.2) is 0 Å². The van der Waals surface area contributed by atoms with Gasteiger partial charge in [-0.1, -0.05) is 29.8 Å². The van der Waals surface area contributed by atoms with Crippen LogP contribution in [0.4, 0.5) is 5.69 Å². The van der Waals surface area contributed by atoms with Crippen LogP contribution in [0.1, 0.15) is 19.4 Å². The van der Waals surface area contributed by atoms with E-state index in [1.54, 1.807) is 31.6 Å². The molecule has 1 aromatic heterocycles. The standard InChI is InChI=1S/C28H26ClNO5/c1-5-34-26-15-27-21(22(16-35-27)19-8-6-7-9-24(19)32-3)14-20(26)17(2)12-28(31)30-23-13-18(29)10-11-25(23)33-4/h6-16H,5H2,1-4H3,(H,30,31)/b17-12+. The lowest BCUT2D eigenvalue weighted by Gasteiger charge is -2.13. The van der Waals surface area contributed by atoms with E-state index < -0.39 is 0 Å². The average molecular weight is 492 g/mol. The van der Waals surface area contributed by atoms with Gasteiger partial charge in [0.05, 0.1) is 32.8 Å². The van der Waals surface area contributed by atoms with E-state index in [-0.39, 0.29) is 5.91 Å². The summed E-state index contributed by atoms with van der Waals surface area (Å²) in [5.74, 6) is 1.57. The third-order valence-electron chi connectivity index (χ3n) is 5.56. The number of benzene rings is 3. The Morgan fingerprint density at radius 2 is 1.77 bits per heavy atom. The molecule has 180 valence electrons. The summed E-state index contributed by atoms with van der Waals surface area (Å²) in [6.07, 6.45) is 3.23. The Morgan fingerprint density at radius 1 is 1.00 bits per heavy atom. The van der Waals surface area contributed by atoms with Gasteiger partial charge in [0, 0.05) is 39.2 Å². The minimum Gasteiger partial charge on any atom is -0.496 e. The number of hydrogen-bond donors (Lipinski definition) is 1. The van der Waals surface area contributed by atoms with Gasteiger partial charge in [0.25, 0.3) is 0 Å². The monoisotopic (exact) mass is 491 g/mol. The van der Waals surface area contributed by atoms with Crippen LogP contribution in [0.3, 0.4) is 0 Å². The molecule has 0 radical (unpaired) electrons. The zero-order chi connectivity index (χ0) is 24.9. The van der Waals surface area contributed by atoms with Gasteiger partial charge >= 0.3 is 0 Å². The Hall–Kier alpha value is -3.90. The summed E-state index contributed by atoms with van der Waals surface area (Å²) in [7, 11) is 3.17. The van der Waals surface area contributed by atoms with Crippen LogP contribution in [0.5, 0.6) is 17.2 Å². The van der Waals surface area contributed by atoms with Crippen molar-refractivity contribution in [2.75, 3.05) is 26.1 Å². The first-order valence-corrected chi connectivity index (χ1v) is 11.5. The minimum absolute atomic E-state index is 0.317. The number of para-hydroxylation sites is 1. The van der Waals surface area contributed by atoms with Crippen molar-refractivity contribution in [1.82, 2.24) is 0 Å². The van der Waals surface area contributed by atoms with Crippen molar-refractivity contribution in [1.29, 1.82) is 0 Å². The van der Waals surface area contributed by atoms with Gasteiger partial charge < -0.3 is 23.9 Å². The van der Waals surface area contributed by atoms with Crippen molar-refractivity contribution in [2.24, 2.45) is 0 Å². The van der Waals surface area contributed by atoms with Gasteiger partial charge in [0.1, 0.15) is 22.8 Å². The fourth-order valence-corrected chi connectivity index (χ4v) is 4.11. The number of hydrogen-bond acceptors (Lipinski definition) is 5. The fourth-order valence-electron chi connectivity index (χ4n) is 3.93. The Labute approximate surface area is 209 Å². The van der Waals surface area contributed by atoms with E-state index in [9.17, 15) is 4.79 Å². The number of carbonyl (C=O) groups is 1. The topological polar surface area (TPSA) is 69.9 Å². The molecule has 0 fully saturated rings. The van der Waals surface area contributed by atoms with E-state index in [1.807, 2.05) is 50.2 Å². The van der Waals surface area contributed by atoms with Crippen LogP contribution in [0.2, 0.25) is 5.02 Å². The normalized spacial score (nSPS) is 11.4.